The number of nitrogens with one attached hydrogen (secondary N) is 1. The highest BCUT2D eigenvalue weighted by Gasteiger charge is 2.23. The fourth-order valence-electron chi connectivity index (χ4n) is 2.03. The summed E-state index contributed by atoms with van der Waals surface area (Å²) in [6, 6.07) is 0.257. The molecule has 1 aliphatic heterocycles. The van der Waals surface area contributed by atoms with Crippen LogP contribution < -0.4 is 5.32 Å². The Kier molecular flexibility index (Phi) is 3.91. The average Bonchev–Trinajstić information content (AvgIpc) is 2.68. The number of hydrogen-bond donors (Lipinski definition) is 1. The van der Waals surface area contributed by atoms with Crippen LogP contribution in [0, 0.1) is 0 Å². The summed E-state index contributed by atoms with van der Waals surface area (Å²) in [6.07, 6.45) is 4.23. The molecule has 0 radical (unpaired) electrons. The molecule has 0 aliphatic carbocycles. The molecule has 6 heteroatoms. The van der Waals surface area contributed by atoms with Gasteiger partial charge in [0.2, 0.25) is 5.91 Å². The highest BCUT2D eigenvalue weighted by Crippen LogP contribution is 2.12. The molecule has 0 aromatic carbocycles. The largest absolute Gasteiger partial charge is 0.352 e. The second-order valence-electron chi connectivity index (χ2n) is 4.25. The van der Waals surface area contributed by atoms with E-state index in [1.807, 2.05) is 0 Å². The van der Waals surface area contributed by atoms with Crippen LogP contribution in [0.25, 0.3) is 0 Å². The maximum Gasteiger partial charge on any atom is 0.217 e. The third kappa shape index (κ3) is 3.64. The van der Waals surface area contributed by atoms with E-state index in [1.165, 1.54) is 0 Å². The molecule has 2 rings (SSSR count). The number of nitrogens with zero attached hydrogens (tertiary/aromatic N) is 3. The molecule has 1 fully saturated rings. The number of carbonyl (C=O) groups excluding carboxylic acids is 1. The minimum absolute atomic E-state index is 0.0307. The van der Waals surface area contributed by atoms with Gasteiger partial charge in [0.1, 0.15) is 5.15 Å². The standard InChI is InChI=1S/C11H15ClN4O/c1-8(17)15-9-2-3-16(6-9)7-10-4-14-11(12)5-13-10/h4-5,9H,2-3,6-7H2,1H3,(H,15,17). The van der Waals surface area contributed by atoms with Crippen LogP contribution in [-0.2, 0) is 11.3 Å². The normalized spacial score (nSPS) is 20.5. The minimum Gasteiger partial charge on any atom is -0.352 e. The molecule has 1 amide bonds. The van der Waals surface area contributed by atoms with Crippen molar-refractivity contribution >= 4 is 17.5 Å². The second-order valence-corrected chi connectivity index (χ2v) is 4.64. The summed E-state index contributed by atoms with van der Waals surface area (Å²) in [7, 11) is 0. The molecule has 1 aromatic heterocycles. The summed E-state index contributed by atoms with van der Waals surface area (Å²) in [5.41, 5.74) is 0.901. The van der Waals surface area contributed by atoms with E-state index in [0.29, 0.717) is 5.15 Å². The summed E-state index contributed by atoms with van der Waals surface area (Å²) in [4.78, 5) is 21.4. The van der Waals surface area contributed by atoms with E-state index in [0.717, 1.165) is 31.7 Å². The predicted molar refractivity (Wildman–Crippen MR) is 64.5 cm³/mol. The lowest BCUT2D eigenvalue weighted by Crippen LogP contribution is -2.35. The lowest BCUT2D eigenvalue weighted by molar-refractivity contribution is -0.119. The summed E-state index contributed by atoms with van der Waals surface area (Å²) in [5.74, 6) is 0.0307. The van der Waals surface area contributed by atoms with Crippen LogP contribution in [-0.4, -0.2) is 39.9 Å². The van der Waals surface area contributed by atoms with Gasteiger partial charge in [-0.2, -0.15) is 0 Å². The zero-order chi connectivity index (χ0) is 12.3. The first-order valence-electron chi connectivity index (χ1n) is 5.59. The topological polar surface area (TPSA) is 58.1 Å². The number of likely N-dealkylation sites (tertiary alicyclic amines) is 1. The van der Waals surface area contributed by atoms with Gasteiger partial charge >= 0.3 is 0 Å². The number of rotatable bonds is 3. The number of halogens is 1. The number of aromatic nitrogens is 2. The zero-order valence-electron chi connectivity index (χ0n) is 9.69. The third-order valence-corrected chi connectivity index (χ3v) is 2.93. The Bertz CT molecular complexity index is 395. The monoisotopic (exact) mass is 254 g/mol. The van der Waals surface area contributed by atoms with Crippen LogP contribution in [0.4, 0.5) is 0 Å². The van der Waals surface area contributed by atoms with Crippen LogP contribution in [0.15, 0.2) is 12.4 Å². The number of hydrogen-bond acceptors (Lipinski definition) is 4. The SMILES string of the molecule is CC(=O)NC1CCN(Cc2cnc(Cl)cn2)C1. The quantitative estimate of drug-likeness (QED) is 0.869. The molecular formula is C11H15ClN4O. The Balaban J connectivity index is 1.85. The Labute approximate surface area is 105 Å². The molecule has 5 nitrogen and oxygen atoms in total. The molecule has 2 heterocycles. The molecular weight excluding hydrogens is 240 g/mol. The van der Waals surface area contributed by atoms with Crippen LogP contribution in [0.2, 0.25) is 5.15 Å². The van der Waals surface area contributed by atoms with Crippen molar-refractivity contribution in [2.24, 2.45) is 0 Å². The van der Waals surface area contributed by atoms with Gasteiger partial charge in [-0.3, -0.25) is 14.7 Å². The smallest absolute Gasteiger partial charge is 0.217 e. The van der Waals surface area contributed by atoms with Gasteiger partial charge in [0.15, 0.2) is 0 Å². The first-order valence-corrected chi connectivity index (χ1v) is 5.97. The second kappa shape index (κ2) is 5.42. The molecule has 17 heavy (non-hydrogen) atoms. The van der Waals surface area contributed by atoms with Crippen molar-refractivity contribution in [2.45, 2.75) is 25.9 Å². The van der Waals surface area contributed by atoms with Crippen LogP contribution in [0.5, 0.6) is 0 Å². The van der Waals surface area contributed by atoms with Gasteiger partial charge in [-0.1, -0.05) is 11.6 Å². The van der Waals surface area contributed by atoms with Gasteiger partial charge in [0, 0.05) is 32.6 Å². The maximum atomic E-state index is 10.9. The molecule has 1 unspecified atom stereocenters. The number of carbonyl (C=O) groups is 1. The van der Waals surface area contributed by atoms with Crippen molar-refractivity contribution < 1.29 is 4.79 Å². The molecule has 0 spiro atoms. The van der Waals surface area contributed by atoms with Crippen molar-refractivity contribution in [1.29, 1.82) is 0 Å². The van der Waals surface area contributed by atoms with Crippen molar-refractivity contribution in [3.8, 4) is 0 Å². The first kappa shape index (κ1) is 12.3. The molecule has 92 valence electrons. The highest BCUT2D eigenvalue weighted by atomic mass is 35.5. The van der Waals surface area contributed by atoms with E-state index >= 15 is 0 Å². The molecule has 1 aromatic rings. The third-order valence-electron chi connectivity index (χ3n) is 2.74. The van der Waals surface area contributed by atoms with Gasteiger partial charge in [0.25, 0.3) is 0 Å². The molecule has 1 atom stereocenters. The van der Waals surface area contributed by atoms with Crippen molar-refractivity contribution in [2.75, 3.05) is 13.1 Å². The first-order chi connectivity index (χ1) is 8.13. The Morgan fingerprint density at radius 3 is 3.06 bits per heavy atom. The minimum atomic E-state index is 0.0307. The predicted octanol–water partition coefficient (Wildman–Crippen LogP) is 0.840. The fourth-order valence-corrected chi connectivity index (χ4v) is 2.13. The van der Waals surface area contributed by atoms with E-state index in [-0.39, 0.29) is 11.9 Å². The van der Waals surface area contributed by atoms with E-state index < -0.39 is 0 Å². The van der Waals surface area contributed by atoms with Gasteiger partial charge in [-0.15, -0.1) is 0 Å². The van der Waals surface area contributed by atoms with Crippen molar-refractivity contribution in [3.63, 3.8) is 0 Å². The zero-order valence-corrected chi connectivity index (χ0v) is 10.4. The van der Waals surface area contributed by atoms with E-state index in [1.54, 1.807) is 19.3 Å². The number of amides is 1. The Morgan fingerprint density at radius 1 is 1.59 bits per heavy atom. The lowest BCUT2D eigenvalue weighted by atomic mass is 10.2. The van der Waals surface area contributed by atoms with E-state index in [4.69, 9.17) is 11.6 Å². The molecule has 1 N–H and O–H groups in total. The molecule has 0 saturated carbocycles. The van der Waals surface area contributed by atoms with Crippen LogP contribution in [0.1, 0.15) is 19.0 Å². The lowest BCUT2D eigenvalue weighted by Gasteiger charge is -2.15. The van der Waals surface area contributed by atoms with E-state index in [9.17, 15) is 4.79 Å². The molecule has 1 saturated heterocycles. The van der Waals surface area contributed by atoms with Gasteiger partial charge in [-0.25, -0.2) is 4.98 Å². The van der Waals surface area contributed by atoms with Crippen molar-refractivity contribution in [3.05, 3.63) is 23.2 Å². The maximum absolute atomic E-state index is 10.9. The summed E-state index contributed by atoms with van der Waals surface area (Å²) >= 11 is 5.67. The van der Waals surface area contributed by atoms with Gasteiger partial charge in [-0.05, 0) is 6.42 Å². The molecule has 0 bridgehead atoms. The fraction of sp³-hybridized carbons (Fsp3) is 0.545. The average molecular weight is 255 g/mol. The van der Waals surface area contributed by atoms with E-state index in [2.05, 4.69) is 20.2 Å². The van der Waals surface area contributed by atoms with Crippen LogP contribution in [0.3, 0.4) is 0 Å². The van der Waals surface area contributed by atoms with Gasteiger partial charge in [0.05, 0.1) is 18.1 Å². The Morgan fingerprint density at radius 2 is 2.41 bits per heavy atom. The highest BCUT2D eigenvalue weighted by molar-refractivity contribution is 6.29. The summed E-state index contributed by atoms with van der Waals surface area (Å²) in [5, 5.41) is 3.34. The Hall–Kier alpha value is -1.20. The van der Waals surface area contributed by atoms with Crippen LogP contribution >= 0.6 is 11.6 Å². The summed E-state index contributed by atoms with van der Waals surface area (Å²) < 4.78 is 0. The summed E-state index contributed by atoms with van der Waals surface area (Å²) in [6.45, 7) is 4.13. The van der Waals surface area contributed by atoms with Gasteiger partial charge < -0.3 is 5.32 Å². The van der Waals surface area contributed by atoms with Crippen molar-refractivity contribution in [1.82, 2.24) is 20.2 Å². The molecule has 1 aliphatic rings.